The van der Waals surface area contributed by atoms with Crippen LogP contribution in [0.15, 0.2) is 60.8 Å². The number of benzene rings is 2. The zero-order chi connectivity index (χ0) is 27.0. The number of nitrogens with zero attached hydrogens (tertiary/aromatic N) is 5. The Kier molecular flexibility index (Phi) is 8.47. The number of carbonyl (C=O) groups is 2. The summed E-state index contributed by atoms with van der Waals surface area (Å²) in [5, 5.41) is 17.1. The fourth-order valence-corrected chi connectivity index (χ4v) is 3.39. The van der Waals surface area contributed by atoms with E-state index in [9.17, 15) is 14.9 Å². The van der Waals surface area contributed by atoms with Crippen LogP contribution in [-0.4, -0.2) is 47.8 Å². The van der Waals surface area contributed by atoms with Crippen LogP contribution in [0.25, 0.3) is 0 Å². The first-order valence-electron chi connectivity index (χ1n) is 11.4. The minimum atomic E-state index is -0.779. The molecule has 0 fully saturated rings. The van der Waals surface area contributed by atoms with E-state index in [2.05, 4.69) is 20.6 Å². The Balaban J connectivity index is 2.10. The number of anilines is 3. The lowest BCUT2D eigenvalue weighted by molar-refractivity contribution is 0.191. The van der Waals surface area contributed by atoms with E-state index in [0.29, 0.717) is 22.9 Å². The van der Waals surface area contributed by atoms with E-state index in [-0.39, 0.29) is 18.2 Å². The molecule has 0 unspecified atom stereocenters. The first-order chi connectivity index (χ1) is 17.7. The summed E-state index contributed by atoms with van der Waals surface area (Å²) >= 11 is 0. The maximum Gasteiger partial charge on any atom is 0.349 e. The molecule has 0 saturated carbocycles. The summed E-state index contributed by atoms with van der Waals surface area (Å²) in [4.78, 5) is 35.6. The second-order valence-corrected chi connectivity index (χ2v) is 9.04. The molecule has 11 heteroatoms. The van der Waals surface area contributed by atoms with Crippen molar-refractivity contribution in [3.05, 3.63) is 66.6 Å². The SMILES string of the molecule is COc1ccccc1NC(=O)N(C(=O)Nc1ccccc1OC)N(CC(C)(C)C)c1ccnc(C#N)n1. The minimum absolute atomic E-state index is 0.105. The predicted molar refractivity (Wildman–Crippen MR) is 139 cm³/mol. The highest BCUT2D eigenvalue weighted by Crippen LogP contribution is 2.28. The molecular weight excluding hydrogens is 474 g/mol. The predicted octanol–water partition coefficient (Wildman–Crippen LogP) is 4.90. The fourth-order valence-electron chi connectivity index (χ4n) is 3.39. The summed E-state index contributed by atoms with van der Waals surface area (Å²) in [5.74, 6) is 0.910. The van der Waals surface area contributed by atoms with Gasteiger partial charge in [-0.15, -0.1) is 5.01 Å². The summed E-state index contributed by atoms with van der Waals surface area (Å²) in [7, 11) is 2.96. The number of carbonyl (C=O) groups excluding carboxylic acids is 2. The van der Waals surface area contributed by atoms with Gasteiger partial charge in [-0.2, -0.15) is 10.2 Å². The molecule has 4 amide bonds. The van der Waals surface area contributed by atoms with Gasteiger partial charge in [-0.3, -0.25) is 5.01 Å². The van der Waals surface area contributed by atoms with Gasteiger partial charge in [0.25, 0.3) is 0 Å². The number of urea groups is 2. The van der Waals surface area contributed by atoms with Gasteiger partial charge in [0.05, 0.1) is 25.6 Å². The molecule has 2 aromatic carbocycles. The normalized spacial score (nSPS) is 10.6. The zero-order valence-electron chi connectivity index (χ0n) is 21.3. The van der Waals surface area contributed by atoms with Crippen molar-refractivity contribution < 1.29 is 19.1 Å². The second kappa shape index (κ2) is 11.7. The number of hydrogen-bond acceptors (Lipinski definition) is 8. The van der Waals surface area contributed by atoms with Crippen LogP contribution in [0.1, 0.15) is 26.6 Å². The number of amides is 4. The molecular formula is C26H29N7O4. The zero-order valence-corrected chi connectivity index (χ0v) is 21.3. The van der Waals surface area contributed by atoms with E-state index in [4.69, 9.17) is 9.47 Å². The number of rotatable bonds is 7. The monoisotopic (exact) mass is 503 g/mol. The standard InChI is InChI=1S/C26H29N7O4/c1-26(2,3)17-32(23-14-15-28-22(16-27)31-23)33(24(34)29-18-10-6-8-12-20(18)36-4)25(35)30-19-11-7-9-13-21(19)37-5/h6-15H,17H2,1-5H3,(H,29,34)(H,30,35). The Morgan fingerprint density at radius 1 is 0.919 bits per heavy atom. The third kappa shape index (κ3) is 6.85. The van der Waals surface area contributed by atoms with Crippen LogP contribution in [0.4, 0.5) is 26.8 Å². The highest BCUT2D eigenvalue weighted by Gasteiger charge is 2.34. The van der Waals surface area contributed by atoms with E-state index in [0.717, 1.165) is 5.01 Å². The summed E-state index contributed by atoms with van der Waals surface area (Å²) < 4.78 is 10.7. The third-order valence-electron chi connectivity index (χ3n) is 4.95. The van der Waals surface area contributed by atoms with E-state index in [1.807, 2.05) is 26.8 Å². The lowest BCUT2D eigenvalue weighted by atomic mass is 9.96. The van der Waals surface area contributed by atoms with Crippen LogP contribution in [0.2, 0.25) is 0 Å². The summed E-state index contributed by atoms with van der Waals surface area (Å²) in [6.07, 6.45) is 1.39. The number of aromatic nitrogens is 2. The number of nitriles is 1. The average molecular weight is 504 g/mol. The molecule has 0 aliphatic rings. The van der Waals surface area contributed by atoms with Crippen LogP contribution in [-0.2, 0) is 0 Å². The average Bonchev–Trinajstić information content (AvgIpc) is 2.88. The van der Waals surface area contributed by atoms with Crippen LogP contribution >= 0.6 is 0 Å². The van der Waals surface area contributed by atoms with E-state index < -0.39 is 17.5 Å². The number of ether oxygens (including phenoxy) is 2. The van der Waals surface area contributed by atoms with Crippen molar-refractivity contribution in [2.45, 2.75) is 20.8 Å². The number of imide groups is 1. The second-order valence-electron chi connectivity index (χ2n) is 9.04. The summed E-state index contributed by atoms with van der Waals surface area (Å²) in [6.45, 7) is 6.02. The summed E-state index contributed by atoms with van der Waals surface area (Å²) in [5.41, 5.74) is 0.327. The van der Waals surface area contributed by atoms with Crippen LogP contribution in [0, 0.1) is 16.7 Å². The Labute approximate surface area is 215 Å². The molecule has 0 atom stereocenters. The van der Waals surface area contributed by atoms with E-state index >= 15 is 0 Å². The Bertz CT molecular complexity index is 1240. The van der Waals surface area contributed by atoms with Gasteiger partial charge in [-0.1, -0.05) is 45.0 Å². The maximum absolute atomic E-state index is 13.7. The molecule has 0 aliphatic carbocycles. The Morgan fingerprint density at radius 2 is 1.43 bits per heavy atom. The fraction of sp³-hybridized carbons (Fsp3) is 0.269. The molecule has 0 spiro atoms. The number of hydrogen-bond donors (Lipinski definition) is 2. The van der Waals surface area contributed by atoms with Gasteiger partial charge in [0.2, 0.25) is 5.82 Å². The van der Waals surface area contributed by atoms with Crippen molar-refractivity contribution in [3.63, 3.8) is 0 Å². The Morgan fingerprint density at radius 3 is 1.89 bits per heavy atom. The van der Waals surface area contributed by atoms with Gasteiger partial charge in [-0.25, -0.2) is 14.6 Å². The quantitative estimate of drug-likeness (QED) is 0.435. The molecule has 11 nitrogen and oxygen atoms in total. The van der Waals surface area contributed by atoms with Crippen LogP contribution < -0.4 is 25.1 Å². The number of para-hydroxylation sites is 4. The first-order valence-corrected chi connectivity index (χ1v) is 11.4. The highest BCUT2D eigenvalue weighted by molar-refractivity contribution is 6.07. The van der Waals surface area contributed by atoms with Gasteiger partial charge in [-0.05, 0) is 29.7 Å². The van der Waals surface area contributed by atoms with E-state index in [1.165, 1.54) is 31.5 Å². The summed E-state index contributed by atoms with van der Waals surface area (Å²) in [6, 6.07) is 15.5. The molecule has 1 heterocycles. The lowest BCUT2D eigenvalue weighted by Gasteiger charge is -2.37. The first kappa shape index (κ1) is 26.7. The molecule has 37 heavy (non-hydrogen) atoms. The smallest absolute Gasteiger partial charge is 0.349 e. The van der Waals surface area contributed by atoms with Gasteiger partial charge >= 0.3 is 12.1 Å². The molecule has 192 valence electrons. The molecule has 0 bridgehead atoms. The van der Waals surface area contributed by atoms with Crippen LogP contribution in [0.3, 0.4) is 0 Å². The van der Waals surface area contributed by atoms with Gasteiger partial charge in [0.15, 0.2) is 5.82 Å². The van der Waals surface area contributed by atoms with Gasteiger partial charge in [0, 0.05) is 18.8 Å². The topological polar surface area (TPSA) is 133 Å². The molecule has 0 aliphatic heterocycles. The number of methoxy groups -OCH3 is 2. The molecule has 0 saturated heterocycles. The highest BCUT2D eigenvalue weighted by atomic mass is 16.5. The van der Waals surface area contributed by atoms with Crippen molar-refractivity contribution in [1.29, 1.82) is 5.26 Å². The number of nitrogens with one attached hydrogen (secondary N) is 2. The third-order valence-corrected chi connectivity index (χ3v) is 4.95. The van der Waals surface area contributed by atoms with Crippen LogP contribution in [0.5, 0.6) is 11.5 Å². The molecule has 2 N–H and O–H groups in total. The largest absolute Gasteiger partial charge is 0.495 e. The van der Waals surface area contributed by atoms with Crippen molar-refractivity contribution in [3.8, 4) is 17.6 Å². The van der Waals surface area contributed by atoms with Gasteiger partial charge < -0.3 is 20.1 Å². The van der Waals surface area contributed by atoms with Crippen molar-refractivity contribution >= 4 is 29.3 Å². The van der Waals surface area contributed by atoms with Crippen molar-refractivity contribution in [2.75, 3.05) is 36.4 Å². The molecule has 0 radical (unpaired) electrons. The lowest BCUT2D eigenvalue weighted by Crippen LogP contribution is -2.56. The van der Waals surface area contributed by atoms with Gasteiger partial charge in [0.1, 0.15) is 17.6 Å². The van der Waals surface area contributed by atoms with E-state index in [1.54, 1.807) is 48.5 Å². The molecule has 3 rings (SSSR count). The Hall–Kier alpha value is -4.85. The molecule has 1 aromatic heterocycles. The molecule has 3 aromatic rings. The van der Waals surface area contributed by atoms with Crippen molar-refractivity contribution in [2.24, 2.45) is 5.41 Å². The number of hydrazine groups is 1. The minimum Gasteiger partial charge on any atom is -0.495 e. The van der Waals surface area contributed by atoms with Crippen molar-refractivity contribution in [1.82, 2.24) is 15.0 Å². The maximum atomic E-state index is 13.7.